The first-order valence-electron chi connectivity index (χ1n) is 19.1. The minimum Gasteiger partial charge on any atom is -0.455 e. The van der Waals surface area contributed by atoms with Crippen LogP contribution < -0.4 is 0 Å². The molecule has 4 heterocycles. The molecule has 8 rings (SSSR count). The monoisotopic (exact) mass is 696 g/mol. The summed E-state index contributed by atoms with van der Waals surface area (Å²) in [4.78, 5) is 5.37. The van der Waals surface area contributed by atoms with Gasteiger partial charge in [-0.15, -0.1) is 22.7 Å². The lowest BCUT2D eigenvalue weighted by Crippen LogP contribution is -1.82. The van der Waals surface area contributed by atoms with Gasteiger partial charge in [-0.05, 0) is 107 Å². The summed E-state index contributed by atoms with van der Waals surface area (Å²) >= 11 is 3.77. The zero-order chi connectivity index (χ0) is 33.9. The van der Waals surface area contributed by atoms with Crippen molar-refractivity contribution in [2.75, 3.05) is 0 Å². The first kappa shape index (κ1) is 33.3. The Bertz CT molecular complexity index is 2210. The zero-order valence-electron chi connectivity index (χ0n) is 29.6. The fraction of sp³-hybridized carbons (Fsp3) is 0.348. The van der Waals surface area contributed by atoms with Crippen LogP contribution in [-0.4, -0.2) is 0 Å². The third-order valence-corrected chi connectivity index (χ3v) is 12.9. The Hall–Kier alpha value is -3.86. The number of hydrogen-bond donors (Lipinski definition) is 0. The van der Waals surface area contributed by atoms with Crippen LogP contribution in [0.4, 0.5) is 0 Å². The van der Waals surface area contributed by atoms with Gasteiger partial charge in [-0.3, -0.25) is 0 Å². The zero-order valence-corrected chi connectivity index (χ0v) is 31.2. The fourth-order valence-corrected chi connectivity index (χ4v) is 9.77. The van der Waals surface area contributed by atoms with E-state index in [0.717, 1.165) is 22.7 Å². The van der Waals surface area contributed by atoms with Gasteiger partial charge in [-0.2, -0.15) is 0 Å². The second-order valence-electron chi connectivity index (χ2n) is 14.2. The van der Waals surface area contributed by atoms with E-state index in [2.05, 4.69) is 98.8 Å². The summed E-state index contributed by atoms with van der Waals surface area (Å²) in [6.45, 7) is 4.56. The molecule has 0 fully saturated rings. The number of rotatable bonds is 16. The first-order valence-corrected chi connectivity index (χ1v) is 20.8. The predicted octanol–water partition coefficient (Wildman–Crippen LogP) is 15.9. The minimum atomic E-state index is 0.954. The Kier molecular flexibility index (Phi) is 10.1. The second-order valence-corrected chi connectivity index (χ2v) is 16.5. The van der Waals surface area contributed by atoms with Crippen molar-refractivity contribution in [3.8, 4) is 21.3 Å². The van der Waals surface area contributed by atoms with Crippen molar-refractivity contribution >= 4 is 76.9 Å². The van der Waals surface area contributed by atoms with Crippen LogP contribution in [0.15, 0.2) is 93.8 Å². The number of furan rings is 2. The molecule has 0 aliphatic rings. The topological polar surface area (TPSA) is 26.3 Å². The fourth-order valence-electron chi connectivity index (χ4n) is 7.77. The van der Waals surface area contributed by atoms with E-state index in [1.807, 2.05) is 22.7 Å². The molecule has 0 aliphatic heterocycles. The van der Waals surface area contributed by atoms with E-state index in [0.29, 0.717) is 0 Å². The highest BCUT2D eigenvalue weighted by Gasteiger charge is 2.16. The number of hydrogen-bond acceptors (Lipinski definition) is 4. The standard InChI is InChI=1S/C46H48O2S2/c1-3-5-7-9-11-13-15-31-17-27-45(49-31)43-29-39-37-21-19-34-33(35(37)23-25-41(39)47-43)20-22-38-36(34)24-26-42-40(38)30-44(48-42)46-28-18-32(50-46)16-14-12-10-8-6-4-2/h17-30H,3-16H2,1-2H3. The molecule has 4 heteroatoms. The summed E-state index contributed by atoms with van der Waals surface area (Å²) in [6.07, 6.45) is 18.3. The summed E-state index contributed by atoms with van der Waals surface area (Å²) in [7, 11) is 0. The van der Waals surface area contributed by atoms with Crippen molar-refractivity contribution in [1.29, 1.82) is 0 Å². The Morgan fingerprint density at radius 3 is 1.16 bits per heavy atom. The lowest BCUT2D eigenvalue weighted by Gasteiger charge is -2.08. The molecule has 0 atom stereocenters. The summed E-state index contributed by atoms with van der Waals surface area (Å²) < 4.78 is 12.9. The molecule has 0 radical (unpaired) electrons. The van der Waals surface area contributed by atoms with Gasteiger partial charge in [0.2, 0.25) is 0 Å². The molecular weight excluding hydrogens is 649 g/mol. The lowest BCUT2D eigenvalue weighted by atomic mass is 9.94. The quantitative estimate of drug-likeness (QED) is 0.0742. The molecule has 4 aromatic carbocycles. The highest BCUT2D eigenvalue weighted by Crippen LogP contribution is 2.42. The molecule has 0 spiro atoms. The smallest absolute Gasteiger partial charge is 0.145 e. The van der Waals surface area contributed by atoms with Crippen molar-refractivity contribution in [2.45, 2.75) is 104 Å². The molecule has 0 amide bonds. The molecule has 0 bridgehead atoms. The second kappa shape index (κ2) is 15.2. The Balaban J connectivity index is 1.04. The maximum atomic E-state index is 6.45. The average molecular weight is 697 g/mol. The van der Waals surface area contributed by atoms with Crippen LogP contribution in [0.25, 0.3) is 75.5 Å². The van der Waals surface area contributed by atoms with Crippen LogP contribution in [0.1, 0.15) is 101 Å². The molecule has 50 heavy (non-hydrogen) atoms. The number of benzene rings is 4. The molecular formula is C46H48O2S2. The lowest BCUT2D eigenvalue weighted by molar-refractivity contribution is 0.609. The summed E-state index contributed by atoms with van der Waals surface area (Å²) in [5.41, 5.74) is 1.91. The molecule has 0 saturated carbocycles. The van der Waals surface area contributed by atoms with E-state index in [1.165, 1.54) is 152 Å². The number of thiophene rings is 2. The van der Waals surface area contributed by atoms with Crippen molar-refractivity contribution in [3.63, 3.8) is 0 Å². The number of aryl methyl sites for hydroxylation is 2. The molecule has 8 aromatic rings. The van der Waals surface area contributed by atoms with E-state index >= 15 is 0 Å². The van der Waals surface area contributed by atoms with E-state index in [9.17, 15) is 0 Å². The highest BCUT2D eigenvalue weighted by atomic mass is 32.1. The Morgan fingerprint density at radius 2 is 0.740 bits per heavy atom. The van der Waals surface area contributed by atoms with Gasteiger partial charge in [0.05, 0.1) is 9.75 Å². The molecule has 0 saturated heterocycles. The van der Waals surface area contributed by atoms with E-state index in [1.54, 1.807) is 0 Å². The van der Waals surface area contributed by atoms with Crippen LogP contribution in [0.3, 0.4) is 0 Å². The Labute approximate surface area is 304 Å². The van der Waals surface area contributed by atoms with Crippen molar-refractivity contribution in [3.05, 3.63) is 94.7 Å². The van der Waals surface area contributed by atoms with Gasteiger partial charge >= 0.3 is 0 Å². The summed E-state index contributed by atoms with van der Waals surface area (Å²) in [6, 6.07) is 31.6. The van der Waals surface area contributed by atoms with Crippen LogP contribution in [0.5, 0.6) is 0 Å². The first-order chi connectivity index (χ1) is 24.7. The SMILES string of the molecule is CCCCCCCCc1ccc(-c2cc3c(ccc4c3ccc3c5ccc6oc(-c7ccc(CCCCCCCC)s7)cc6c5ccc43)o2)s1. The van der Waals surface area contributed by atoms with Crippen molar-refractivity contribution in [2.24, 2.45) is 0 Å². The highest BCUT2D eigenvalue weighted by molar-refractivity contribution is 7.15. The van der Waals surface area contributed by atoms with Crippen LogP contribution in [-0.2, 0) is 12.8 Å². The normalized spacial score (nSPS) is 12.1. The number of fused-ring (bicyclic) bond motifs is 9. The molecule has 0 N–H and O–H groups in total. The van der Waals surface area contributed by atoms with Gasteiger partial charge in [-0.25, -0.2) is 0 Å². The van der Waals surface area contributed by atoms with Gasteiger partial charge < -0.3 is 8.83 Å². The third-order valence-electron chi connectivity index (χ3n) is 10.6. The Morgan fingerprint density at radius 1 is 0.380 bits per heavy atom. The van der Waals surface area contributed by atoms with Gasteiger partial charge in [0.15, 0.2) is 0 Å². The van der Waals surface area contributed by atoms with Gasteiger partial charge in [0, 0.05) is 20.5 Å². The largest absolute Gasteiger partial charge is 0.455 e. The van der Waals surface area contributed by atoms with E-state index in [4.69, 9.17) is 8.83 Å². The molecule has 256 valence electrons. The summed E-state index contributed by atoms with van der Waals surface area (Å²) in [5.74, 6) is 1.95. The van der Waals surface area contributed by atoms with Crippen LogP contribution in [0.2, 0.25) is 0 Å². The van der Waals surface area contributed by atoms with Gasteiger partial charge in [-0.1, -0.05) is 114 Å². The van der Waals surface area contributed by atoms with Gasteiger partial charge in [0.1, 0.15) is 22.7 Å². The maximum Gasteiger partial charge on any atom is 0.145 e. The molecule has 0 unspecified atom stereocenters. The predicted molar refractivity (Wildman–Crippen MR) is 219 cm³/mol. The van der Waals surface area contributed by atoms with Crippen LogP contribution in [0, 0.1) is 0 Å². The van der Waals surface area contributed by atoms with Crippen LogP contribution >= 0.6 is 22.7 Å². The molecule has 4 aromatic heterocycles. The maximum absolute atomic E-state index is 6.45. The molecule has 2 nitrogen and oxygen atoms in total. The average Bonchev–Trinajstić information content (AvgIpc) is 3.96. The van der Waals surface area contributed by atoms with Crippen molar-refractivity contribution < 1.29 is 8.83 Å². The van der Waals surface area contributed by atoms with E-state index < -0.39 is 0 Å². The third kappa shape index (κ3) is 6.77. The van der Waals surface area contributed by atoms with Gasteiger partial charge in [0.25, 0.3) is 0 Å². The number of unbranched alkanes of at least 4 members (excludes halogenated alkanes) is 10. The summed E-state index contributed by atoms with van der Waals surface area (Å²) in [5, 5.41) is 9.95. The minimum absolute atomic E-state index is 0.954. The molecule has 0 aliphatic carbocycles. The van der Waals surface area contributed by atoms with E-state index in [-0.39, 0.29) is 0 Å². The van der Waals surface area contributed by atoms with Crippen molar-refractivity contribution in [1.82, 2.24) is 0 Å².